The molecular formula is C19H23NO4S. The molecule has 0 aromatic heterocycles. The van der Waals surface area contributed by atoms with Gasteiger partial charge in [0.15, 0.2) is 0 Å². The second-order valence-corrected chi connectivity index (χ2v) is 7.26. The predicted molar refractivity (Wildman–Crippen MR) is 101 cm³/mol. The van der Waals surface area contributed by atoms with Crippen LogP contribution in [0.4, 0.5) is 0 Å². The third kappa shape index (κ3) is 5.92. The average molecular weight is 361 g/mol. The first-order chi connectivity index (χ1) is 11.9. The molecular weight excluding hydrogens is 338 g/mol. The van der Waals surface area contributed by atoms with E-state index in [0.717, 1.165) is 34.5 Å². The number of hydrogen-bond donors (Lipinski definition) is 1. The van der Waals surface area contributed by atoms with Crippen molar-refractivity contribution in [2.75, 3.05) is 26.5 Å². The van der Waals surface area contributed by atoms with Crippen LogP contribution in [0.25, 0.3) is 5.57 Å². The van der Waals surface area contributed by atoms with Crippen molar-refractivity contribution in [1.29, 1.82) is 0 Å². The average Bonchev–Trinajstić information content (AvgIpc) is 2.59. The molecule has 0 atom stereocenters. The molecule has 0 saturated heterocycles. The van der Waals surface area contributed by atoms with E-state index < -0.39 is 10.0 Å². The molecule has 1 N–H and O–H groups in total. The first-order valence-corrected chi connectivity index (χ1v) is 9.84. The van der Waals surface area contributed by atoms with Gasteiger partial charge < -0.3 is 9.47 Å². The highest BCUT2D eigenvalue weighted by atomic mass is 32.2. The van der Waals surface area contributed by atoms with Crippen LogP contribution < -0.4 is 14.2 Å². The van der Waals surface area contributed by atoms with Gasteiger partial charge in [0.25, 0.3) is 0 Å². The first-order valence-electron chi connectivity index (χ1n) is 7.95. The van der Waals surface area contributed by atoms with Crippen LogP contribution in [0.15, 0.2) is 54.6 Å². The molecule has 0 heterocycles. The van der Waals surface area contributed by atoms with Crippen LogP contribution in [0.2, 0.25) is 0 Å². The van der Waals surface area contributed by atoms with Gasteiger partial charge in [-0.05, 0) is 47.9 Å². The SMILES string of the molecule is CCOc1ccc(/C(=C\CNS(C)(=O)=O)c2ccc(OC)cc2)cc1. The molecule has 25 heavy (non-hydrogen) atoms. The summed E-state index contributed by atoms with van der Waals surface area (Å²) in [6, 6.07) is 15.4. The molecule has 0 aliphatic heterocycles. The molecule has 0 unspecified atom stereocenters. The number of nitrogens with one attached hydrogen (secondary N) is 1. The summed E-state index contributed by atoms with van der Waals surface area (Å²) in [7, 11) is -1.62. The molecule has 2 rings (SSSR count). The number of methoxy groups -OCH3 is 1. The Morgan fingerprint density at radius 2 is 1.52 bits per heavy atom. The van der Waals surface area contributed by atoms with Crippen molar-refractivity contribution in [3.63, 3.8) is 0 Å². The zero-order valence-corrected chi connectivity index (χ0v) is 15.5. The normalized spacial score (nSPS) is 12.0. The van der Waals surface area contributed by atoms with Crippen LogP contribution in [-0.4, -0.2) is 34.9 Å². The summed E-state index contributed by atoms with van der Waals surface area (Å²) in [5.74, 6) is 1.57. The van der Waals surface area contributed by atoms with E-state index in [1.165, 1.54) is 0 Å². The monoisotopic (exact) mass is 361 g/mol. The molecule has 0 fully saturated rings. The molecule has 0 saturated carbocycles. The standard InChI is InChI=1S/C19H23NO4S/c1-4-24-18-11-7-16(8-12-18)19(13-14-20-25(3,21)22)15-5-9-17(23-2)10-6-15/h5-13,20H,4,14H2,1-3H3/b19-13-. The molecule has 0 bridgehead atoms. The lowest BCUT2D eigenvalue weighted by molar-refractivity contribution is 0.340. The Morgan fingerprint density at radius 3 is 1.96 bits per heavy atom. The van der Waals surface area contributed by atoms with E-state index in [4.69, 9.17) is 9.47 Å². The van der Waals surface area contributed by atoms with Crippen molar-refractivity contribution in [2.24, 2.45) is 0 Å². The van der Waals surface area contributed by atoms with Crippen molar-refractivity contribution in [2.45, 2.75) is 6.92 Å². The van der Waals surface area contributed by atoms with Gasteiger partial charge in [0.05, 0.1) is 20.0 Å². The maximum atomic E-state index is 11.3. The molecule has 0 aliphatic carbocycles. The summed E-state index contributed by atoms with van der Waals surface area (Å²) in [6.07, 6.45) is 3.00. The number of ether oxygens (including phenoxy) is 2. The second-order valence-electron chi connectivity index (χ2n) is 5.42. The zero-order chi connectivity index (χ0) is 18.3. The summed E-state index contributed by atoms with van der Waals surface area (Å²) in [4.78, 5) is 0. The van der Waals surface area contributed by atoms with E-state index in [1.54, 1.807) is 7.11 Å². The lowest BCUT2D eigenvalue weighted by Crippen LogP contribution is -2.21. The maximum absolute atomic E-state index is 11.3. The fourth-order valence-corrected chi connectivity index (χ4v) is 2.75. The maximum Gasteiger partial charge on any atom is 0.208 e. The van der Waals surface area contributed by atoms with Gasteiger partial charge in [-0.2, -0.15) is 0 Å². The Kier molecular flexibility index (Phi) is 6.61. The largest absolute Gasteiger partial charge is 0.497 e. The fourth-order valence-electron chi connectivity index (χ4n) is 2.37. The number of rotatable bonds is 8. The number of benzene rings is 2. The van der Waals surface area contributed by atoms with Gasteiger partial charge in [-0.1, -0.05) is 30.3 Å². The van der Waals surface area contributed by atoms with Crippen LogP contribution in [0, 0.1) is 0 Å². The lowest BCUT2D eigenvalue weighted by Gasteiger charge is -2.11. The van der Waals surface area contributed by atoms with E-state index in [2.05, 4.69) is 4.72 Å². The summed E-state index contributed by atoms with van der Waals surface area (Å²) < 4.78 is 35.8. The third-order valence-corrected chi connectivity index (χ3v) is 4.22. The minimum absolute atomic E-state index is 0.216. The van der Waals surface area contributed by atoms with E-state index in [-0.39, 0.29) is 6.54 Å². The van der Waals surface area contributed by atoms with Crippen LogP contribution in [0.5, 0.6) is 11.5 Å². The molecule has 0 spiro atoms. The third-order valence-electron chi connectivity index (χ3n) is 3.53. The predicted octanol–water partition coefficient (Wildman–Crippen LogP) is 3.07. The Bertz CT molecular complexity index is 810. The van der Waals surface area contributed by atoms with Crippen molar-refractivity contribution in [1.82, 2.24) is 4.72 Å². The molecule has 2 aromatic carbocycles. The minimum atomic E-state index is -3.24. The highest BCUT2D eigenvalue weighted by Gasteiger charge is 2.07. The van der Waals surface area contributed by atoms with Gasteiger partial charge in [-0.15, -0.1) is 0 Å². The zero-order valence-electron chi connectivity index (χ0n) is 14.7. The summed E-state index contributed by atoms with van der Waals surface area (Å²) in [5.41, 5.74) is 2.88. The van der Waals surface area contributed by atoms with Gasteiger partial charge in [0, 0.05) is 6.54 Å². The Labute approximate surface area is 149 Å². The van der Waals surface area contributed by atoms with Crippen LogP contribution in [-0.2, 0) is 10.0 Å². The van der Waals surface area contributed by atoms with Crippen molar-refractivity contribution >= 4 is 15.6 Å². The topological polar surface area (TPSA) is 64.6 Å². The quantitative estimate of drug-likeness (QED) is 0.785. The van der Waals surface area contributed by atoms with Crippen LogP contribution >= 0.6 is 0 Å². The van der Waals surface area contributed by atoms with Gasteiger partial charge >= 0.3 is 0 Å². The number of hydrogen-bond acceptors (Lipinski definition) is 4. The van der Waals surface area contributed by atoms with Crippen molar-refractivity contribution < 1.29 is 17.9 Å². The van der Waals surface area contributed by atoms with E-state index >= 15 is 0 Å². The van der Waals surface area contributed by atoms with Gasteiger partial charge in [0.1, 0.15) is 11.5 Å². The summed E-state index contributed by atoms with van der Waals surface area (Å²) >= 11 is 0. The van der Waals surface area contributed by atoms with Gasteiger partial charge in [-0.25, -0.2) is 13.1 Å². The van der Waals surface area contributed by atoms with Gasteiger partial charge in [0.2, 0.25) is 10.0 Å². The van der Waals surface area contributed by atoms with Crippen molar-refractivity contribution in [3.05, 3.63) is 65.7 Å². The molecule has 0 amide bonds. The van der Waals surface area contributed by atoms with Gasteiger partial charge in [-0.3, -0.25) is 0 Å². The molecule has 0 radical (unpaired) electrons. The van der Waals surface area contributed by atoms with Crippen LogP contribution in [0.1, 0.15) is 18.1 Å². The molecule has 2 aromatic rings. The summed E-state index contributed by atoms with van der Waals surface area (Å²) in [6.45, 7) is 2.76. The second kappa shape index (κ2) is 8.69. The fraction of sp³-hybridized carbons (Fsp3) is 0.263. The molecule has 0 aliphatic rings. The van der Waals surface area contributed by atoms with E-state index in [0.29, 0.717) is 6.61 Å². The minimum Gasteiger partial charge on any atom is -0.497 e. The Morgan fingerprint density at radius 1 is 1.00 bits per heavy atom. The molecule has 134 valence electrons. The van der Waals surface area contributed by atoms with E-state index in [1.807, 2.05) is 61.5 Å². The Hall–Kier alpha value is -2.31. The van der Waals surface area contributed by atoms with Crippen molar-refractivity contribution in [3.8, 4) is 11.5 Å². The number of sulfonamides is 1. The lowest BCUT2D eigenvalue weighted by atomic mass is 9.97. The molecule has 6 heteroatoms. The Balaban J connectivity index is 2.34. The molecule has 5 nitrogen and oxygen atoms in total. The first kappa shape index (κ1) is 19.0. The highest BCUT2D eigenvalue weighted by Crippen LogP contribution is 2.26. The summed E-state index contributed by atoms with van der Waals surface area (Å²) in [5, 5.41) is 0. The smallest absolute Gasteiger partial charge is 0.208 e. The highest BCUT2D eigenvalue weighted by molar-refractivity contribution is 7.88. The van der Waals surface area contributed by atoms with E-state index in [9.17, 15) is 8.42 Å². The van der Waals surface area contributed by atoms with Crippen LogP contribution in [0.3, 0.4) is 0 Å².